The highest BCUT2D eigenvalue weighted by Gasteiger charge is 2.29. The zero-order valence-corrected chi connectivity index (χ0v) is 28.0. The molecule has 4 rings (SSSR count). The Bertz CT molecular complexity index is 1210. The minimum absolute atomic E-state index is 0.0580. The Labute approximate surface area is 268 Å². The van der Waals surface area contributed by atoms with E-state index in [0.29, 0.717) is 37.5 Å². The number of likely N-dealkylation sites (tertiary alicyclic amines) is 1. The van der Waals surface area contributed by atoms with Crippen LogP contribution in [0.25, 0.3) is 6.08 Å². The van der Waals surface area contributed by atoms with Gasteiger partial charge in [0.05, 0.1) is 12.5 Å². The van der Waals surface area contributed by atoms with Gasteiger partial charge in [-0.3, -0.25) is 4.79 Å². The summed E-state index contributed by atoms with van der Waals surface area (Å²) >= 11 is 0. The molecule has 3 heterocycles. The number of carbonyl (C=O) groups is 2. The third kappa shape index (κ3) is 10.0. The van der Waals surface area contributed by atoms with E-state index < -0.39 is 24.3 Å². The SMILES string of the molecule is C/C(=C\c1cc(F)cc(N(C)C2CCN(C)CC2)c1)[C@H]1OC(=O)C[C@H](O)CC[C@H](C)[C@@H](OC(=O)N2CCN(C)CC2)/C=C/[C@@H]1C. The van der Waals surface area contributed by atoms with Crippen LogP contribution in [0.3, 0.4) is 0 Å². The number of likely N-dealkylation sites (N-methyl/N-ethyl adjacent to an activating group) is 1. The van der Waals surface area contributed by atoms with E-state index in [1.54, 1.807) is 11.0 Å². The van der Waals surface area contributed by atoms with Gasteiger partial charge in [-0.25, -0.2) is 9.18 Å². The number of cyclic esters (lactones) is 1. The van der Waals surface area contributed by atoms with E-state index in [1.165, 1.54) is 6.07 Å². The van der Waals surface area contributed by atoms with Gasteiger partial charge in [-0.05, 0) is 101 Å². The summed E-state index contributed by atoms with van der Waals surface area (Å²) in [6, 6.07) is 5.37. The predicted octanol–water partition coefficient (Wildman–Crippen LogP) is 4.80. The van der Waals surface area contributed by atoms with Gasteiger partial charge in [0.2, 0.25) is 0 Å². The Morgan fingerprint density at radius 3 is 2.36 bits per heavy atom. The Hall–Kier alpha value is -2.95. The molecule has 0 saturated carbocycles. The number of ether oxygens (including phenoxy) is 2. The maximum atomic E-state index is 14.9. The maximum absolute atomic E-state index is 14.9. The summed E-state index contributed by atoms with van der Waals surface area (Å²) in [6.45, 7) is 10.7. The first kappa shape index (κ1) is 34.9. The summed E-state index contributed by atoms with van der Waals surface area (Å²) in [5.41, 5.74) is 2.26. The summed E-state index contributed by atoms with van der Waals surface area (Å²) in [5.74, 6) is -1.13. The van der Waals surface area contributed by atoms with Crippen LogP contribution < -0.4 is 4.90 Å². The van der Waals surface area contributed by atoms with Crippen molar-refractivity contribution in [2.75, 3.05) is 65.3 Å². The van der Waals surface area contributed by atoms with E-state index in [9.17, 15) is 19.1 Å². The molecule has 0 unspecified atom stereocenters. The molecule has 9 nitrogen and oxygen atoms in total. The van der Waals surface area contributed by atoms with Crippen LogP contribution in [0.5, 0.6) is 0 Å². The summed E-state index contributed by atoms with van der Waals surface area (Å²) in [7, 11) is 6.18. The molecule has 1 aromatic rings. The number of piperidine rings is 1. The summed E-state index contributed by atoms with van der Waals surface area (Å²) in [5, 5.41) is 10.6. The highest BCUT2D eigenvalue weighted by Crippen LogP contribution is 2.28. The van der Waals surface area contributed by atoms with Gasteiger partial charge in [0, 0.05) is 50.9 Å². The topological polar surface area (TPSA) is 85.8 Å². The van der Waals surface area contributed by atoms with Crippen LogP contribution >= 0.6 is 0 Å². The number of amides is 1. The molecule has 0 radical (unpaired) electrons. The van der Waals surface area contributed by atoms with E-state index in [4.69, 9.17) is 9.47 Å². The van der Waals surface area contributed by atoms with Crippen LogP contribution in [-0.4, -0.2) is 117 Å². The van der Waals surface area contributed by atoms with E-state index in [-0.39, 0.29) is 30.2 Å². The number of esters is 1. The molecule has 250 valence electrons. The number of hydrogen-bond donors (Lipinski definition) is 1. The molecule has 10 heteroatoms. The van der Waals surface area contributed by atoms with Gasteiger partial charge in [0.15, 0.2) is 0 Å². The monoisotopic (exact) mass is 628 g/mol. The fourth-order valence-corrected chi connectivity index (χ4v) is 6.45. The largest absolute Gasteiger partial charge is 0.457 e. The third-order valence-corrected chi connectivity index (χ3v) is 9.65. The van der Waals surface area contributed by atoms with Crippen LogP contribution in [-0.2, 0) is 14.3 Å². The van der Waals surface area contributed by atoms with Crippen molar-refractivity contribution in [2.24, 2.45) is 11.8 Å². The van der Waals surface area contributed by atoms with E-state index in [2.05, 4.69) is 21.7 Å². The zero-order valence-electron chi connectivity index (χ0n) is 28.0. The molecule has 0 aliphatic carbocycles. The molecule has 1 N–H and O–H groups in total. The van der Waals surface area contributed by atoms with Crippen molar-refractivity contribution in [3.05, 3.63) is 47.3 Å². The summed E-state index contributed by atoms with van der Waals surface area (Å²) < 4.78 is 26.9. The number of rotatable bonds is 5. The third-order valence-electron chi connectivity index (χ3n) is 9.65. The second-order valence-corrected chi connectivity index (χ2v) is 13.5. The number of nitrogens with zero attached hydrogens (tertiary/aromatic N) is 4. The van der Waals surface area contributed by atoms with E-state index in [1.807, 2.05) is 59.2 Å². The molecule has 3 aliphatic heterocycles. The smallest absolute Gasteiger partial charge is 0.410 e. The summed E-state index contributed by atoms with van der Waals surface area (Å²) in [6.07, 6.45) is 6.25. The lowest BCUT2D eigenvalue weighted by Gasteiger charge is -2.36. The van der Waals surface area contributed by atoms with Gasteiger partial charge in [-0.15, -0.1) is 0 Å². The minimum Gasteiger partial charge on any atom is -0.457 e. The Morgan fingerprint density at radius 1 is 1.00 bits per heavy atom. The molecule has 5 atom stereocenters. The van der Waals surface area contributed by atoms with Crippen LogP contribution in [0.1, 0.15) is 58.4 Å². The molecule has 1 amide bonds. The van der Waals surface area contributed by atoms with Gasteiger partial charge in [0.25, 0.3) is 0 Å². The van der Waals surface area contributed by atoms with Crippen molar-refractivity contribution in [2.45, 2.75) is 77.2 Å². The number of hydrogen-bond acceptors (Lipinski definition) is 8. The molecule has 2 saturated heterocycles. The Kier molecular flexibility index (Phi) is 12.5. The fraction of sp³-hybridized carbons (Fsp3) is 0.657. The molecule has 0 aromatic heterocycles. The predicted molar refractivity (Wildman–Crippen MR) is 176 cm³/mol. The molecule has 2 fully saturated rings. The number of piperazine rings is 1. The Morgan fingerprint density at radius 2 is 1.67 bits per heavy atom. The number of aliphatic hydroxyl groups excluding tert-OH is 1. The zero-order chi connectivity index (χ0) is 32.7. The number of halogens is 1. The van der Waals surface area contributed by atoms with Crippen molar-refractivity contribution in [1.82, 2.24) is 14.7 Å². The average Bonchev–Trinajstić information content (AvgIpc) is 3.00. The second kappa shape index (κ2) is 16.1. The Balaban J connectivity index is 1.55. The minimum atomic E-state index is -0.863. The molecular formula is C35H53FN4O5. The van der Waals surface area contributed by atoms with Crippen molar-refractivity contribution in [3.8, 4) is 0 Å². The van der Waals surface area contributed by atoms with Gasteiger partial charge < -0.3 is 34.2 Å². The molecule has 0 spiro atoms. The lowest BCUT2D eigenvalue weighted by molar-refractivity contribution is -0.151. The lowest BCUT2D eigenvalue weighted by atomic mass is 9.91. The first-order valence-corrected chi connectivity index (χ1v) is 16.5. The molecule has 0 bridgehead atoms. The van der Waals surface area contributed by atoms with Crippen molar-refractivity contribution < 1.29 is 28.6 Å². The molecule has 1 aromatic carbocycles. The number of anilines is 1. The normalized spacial score (nSPS) is 29.3. The molecule has 45 heavy (non-hydrogen) atoms. The van der Waals surface area contributed by atoms with Crippen molar-refractivity contribution in [1.29, 1.82) is 0 Å². The molecule has 3 aliphatic rings. The quantitative estimate of drug-likeness (QED) is 0.368. The van der Waals surface area contributed by atoms with Crippen LogP contribution in [0.4, 0.5) is 14.9 Å². The number of benzene rings is 1. The average molecular weight is 629 g/mol. The number of carbonyl (C=O) groups excluding carboxylic acids is 2. The van der Waals surface area contributed by atoms with Gasteiger partial charge >= 0.3 is 12.1 Å². The standard InChI is InChI=1S/C35H53FN4O5/c1-24-7-9-31(41)23-33(42)45-34(25(2)8-10-32(24)44-35(43)40-17-15-38(5)16-18-40)26(3)19-27-20-28(36)22-30(21-27)39(6)29-11-13-37(4)14-12-29/h8,10,19-22,24-25,29,31-32,34,41H,7,9,11-18,23H2,1-6H3/b10-8+,26-19+/t24-,25-,31+,32-,34-/m0/s1. The second-order valence-electron chi connectivity index (χ2n) is 13.5. The van der Waals surface area contributed by atoms with Gasteiger partial charge in [-0.1, -0.05) is 26.0 Å². The van der Waals surface area contributed by atoms with Crippen LogP contribution in [0.2, 0.25) is 0 Å². The first-order chi connectivity index (χ1) is 21.4. The number of aliphatic hydroxyl groups is 1. The van der Waals surface area contributed by atoms with E-state index in [0.717, 1.165) is 50.3 Å². The van der Waals surface area contributed by atoms with E-state index >= 15 is 0 Å². The maximum Gasteiger partial charge on any atom is 0.410 e. The highest BCUT2D eigenvalue weighted by molar-refractivity contribution is 5.71. The van der Waals surface area contributed by atoms with Gasteiger partial charge in [-0.2, -0.15) is 0 Å². The van der Waals surface area contributed by atoms with Gasteiger partial charge in [0.1, 0.15) is 18.0 Å². The van der Waals surface area contributed by atoms with Crippen molar-refractivity contribution >= 4 is 23.8 Å². The van der Waals surface area contributed by atoms with Crippen LogP contribution in [0.15, 0.2) is 35.9 Å². The lowest BCUT2D eigenvalue weighted by Crippen LogP contribution is -2.48. The first-order valence-electron chi connectivity index (χ1n) is 16.5. The fourth-order valence-electron chi connectivity index (χ4n) is 6.45. The summed E-state index contributed by atoms with van der Waals surface area (Å²) in [4.78, 5) is 34.4. The molecular weight excluding hydrogens is 575 g/mol. The highest BCUT2D eigenvalue weighted by atomic mass is 19.1. The van der Waals surface area contributed by atoms with Crippen LogP contribution in [0, 0.1) is 17.7 Å². The van der Waals surface area contributed by atoms with Crippen molar-refractivity contribution in [3.63, 3.8) is 0 Å².